The van der Waals surface area contributed by atoms with Gasteiger partial charge in [-0.3, -0.25) is 9.69 Å². The van der Waals surface area contributed by atoms with Crippen LogP contribution in [0.2, 0.25) is 0 Å². The number of aromatic nitrogens is 1. The van der Waals surface area contributed by atoms with Crippen LogP contribution in [0.5, 0.6) is 0 Å². The van der Waals surface area contributed by atoms with Gasteiger partial charge in [0.15, 0.2) is 0 Å². The fourth-order valence-electron chi connectivity index (χ4n) is 3.07. The third-order valence-corrected chi connectivity index (χ3v) is 5.12. The van der Waals surface area contributed by atoms with Crippen LogP contribution >= 0.6 is 11.3 Å². The van der Waals surface area contributed by atoms with Crippen LogP contribution in [0, 0.1) is 6.92 Å². The van der Waals surface area contributed by atoms with Crippen molar-refractivity contribution in [1.29, 1.82) is 0 Å². The number of nitrogens with one attached hydrogen (secondary N) is 1. The fraction of sp³-hybridized carbons (Fsp3) is 0.182. The van der Waals surface area contributed by atoms with Gasteiger partial charge in [0.2, 0.25) is 5.91 Å². The molecule has 4 rings (SSSR count). The highest BCUT2D eigenvalue weighted by Crippen LogP contribution is 2.24. The minimum absolute atomic E-state index is 0.102. The van der Waals surface area contributed by atoms with Gasteiger partial charge in [-0.25, -0.2) is 4.98 Å². The smallest absolute Gasteiger partial charge is 0.238 e. The fourth-order valence-corrected chi connectivity index (χ4v) is 3.69. The second-order valence-electron chi connectivity index (χ2n) is 6.68. The number of rotatable bonds is 8. The molecular formula is C22H21N3O3S. The van der Waals surface area contributed by atoms with E-state index < -0.39 is 0 Å². The molecule has 3 aromatic heterocycles. The molecule has 148 valence electrons. The first-order chi connectivity index (χ1) is 14.2. The maximum Gasteiger partial charge on any atom is 0.238 e. The van der Waals surface area contributed by atoms with Crippen LogP contribution in [0.4, 0.5) is 5.69 Å². The minimum atomic E-state index is -0.102. The second-order valence-corrected chi connectivity index (χ2v) is 7.75. The van der Waals surface area contributed by atoms with Crippen LogP contribution in [0.25, 0.3) is 11.3 Å². The van der Waals surface area contributed by atoms with Gasteiger partial charge < -0.3 is 14.2 Å². The van der Waals surface area contributed by atoms with Crippen LogP contribution < -0.4 is 5.32 Å². The van der Waals surface area contributed by atoms with E-state index in [0.29, 0.717) is 13.1 Å². The summed E-state index contributed by atoms with van der Waals surface area (Å²) in [5, 5.41) is 6.02. The summed E-state index contributed by atoms with van der Waals surface area (Å²) in [6, 6.07) is 15.2. The number of aryl methyl sites for hydroxylation is 1. The summed E-state index contributed by atoms with van der Waals surface area (Å²) in [5.41, 5.74) is 2.64. The van der Waals surface area contributed by atoms with Crippen molar-refractivity contribution in [1.82, 2.24) is 9.88 Å². The zero-order chi connectivity index (χ0) is 20.1. The Labute approximate surface area is 172 Å². The van der Waals surface area contributed by atoms with Crippen molar-refractivity contribution >= 4 is 22.9 Å². The highest BCUT2D eigenvalue weighted by Gasteiger charge is 2.15. The number of hydrogen-bond acceptors (Lipinski definition) is 6. The van der Waals surface area contributed by atoms with Gasteiger partial charge in [-0.2, -0.15) is 0 Å². The van der Waals surface area contributed by atoms with Crippen molar-refractivity contribution in [2.45, 2.75) is 20.0 Å². The summed E-state index contributed by atoms with van der Waals surface area (Å²) < 4.78 is 10.9. The average molecular weight is 407 g/mol. The lowest BCUT2D eigenvalue weighted by Gasteiger charge is -2.19. The van der Waals surface area contributed by atoms with Crippen molar-refractivity contribution in [3.05, 3.63) is 83.0 Å². The molecule has 7 heteroatoms. The highest BCUT2D eigenvalue weighted by molar-refractivity contribution is 7.09. The van der Waals surface area contributed by atoms with Gasteiger partial charge in [0.05, 0.1) is 42.9 Å². The van der Waals surface area contributed by atoms with Crippen LogP contribution in [-0.2, 0) is 17.9 Å². The summed E-state index contributed by atoms with van der Waals surface area (Å²) >= 11 is 1.61. The molecule has 0 spiro atoms. The zero-order valence-corrected chi connectivity index (χ0v) is 16.8. The Morgan fingerprint density at radius 3 is 2.38 bits per heavy atom. The first-order valence-electron chi connectivity index (χ1n) is 9.25. The number of anilines is 1. The highest BCUT2D eigenvalue weighted by atomic mass is 32.1. The SMILES string of the molecule is Cc1nc(-c2cccc(NC(=O)CN(Cc3ccco3)Cc3ccco3)c2)cs1. The predicted molar refractivity (Wildman–Crippen MR) is 112 cm³/mol. The van der Waals surface area contributed by atoms with Crippen molar-refractivity contribution in [3.8, 4) is 11.3 Å². The number of benzene rings is 1. The Morgan fingerprint density at radius 2 is 1.79 bits per heavy atom. The molecular weight excluding hydrogens is 386 g/mol. The summed E-state index contributed by atoms with van der Waals surface area (Å²) in [6.07, 6.45) is 3.26. The van der Waals surface area contributed by atoms with Gasteiger partial charge >= 0.3 is 0 Å². The predicted octanol–water partition coefficient (Wildman–Crippen LogP) is 4.95. The third-order valence-electron chi connectivity index (χ3n) is 4.35. The summed E-state index contributed by atoms with van der Waals surface area (Å²) in [6.45, 7) is 3.21. The monoisotopic (exact) mass is 407 g/mol. The quantitative estimate of drug-likeness (QED) is 0.448. The Hall–Kier alpha value is -3.16. The van der Waals surface area contributed by atoms with E-state index in [1.54, 1.807) is 23.9 Å². The Kier molecular flexibility index (Phi) is 5.88. The van der Waals surface area contributed by atoms with E-state index in [1.807, 2.05) is 65.7 Å². The molecule has 0 bridgehead atoms. The van der Waals surface area contributed by atoms with Gasteiger partial charge in [-0.15, -0.1) is 11.3 Å². The molecule has 0 fully saturated rings. The average Bonchev–Trinajstić information content (AvgIpc) is 3.45. The molecule has 1 N–H and O–H groups in total. The van der Waals surface area contributed by atoms with Gasteiger partial charge in [0.1, 0.15) is 11.5 Å². The summed E-state index contributed by atoms with van der Waals surface area (Å²) in [7, 11) is 0. The topological polar surface area (TPSA) is 71.5 Å². The standard InChI is InChI=1S/C22H21N3O3S/c1-16-23-21(15-29-16)17-5-2-6-18(11-17)24-22(26)14-25(12-19-7-3-9-27-19)13-20-8-4-10-28-20/h2-11,15H,12-14H2,1H3,(H,24,26). The number of amides is 1. The van der Waals surface area contributed by atoms with Crippen LogP contribution in [0.1, 0.15) is 16.5 Å². The van der Waals surface area contributed by atoms with Gasteiger partial charge in [0, 0.05) is 16.6 Å². The molecule has 3 heterocycles. The van der Waals surface area contributed by atoms with Gasteiger partial charge in [0.25, 0.3) is 0 Å². The molecule has 0 saturated heterocycles. The van der Waals surface area contributed by atoms with E-state index in [-0.39, 0.29) is 12.5 Å². The molecule has 0 aliphatic carbocycles. The summed E-state index contributed by atoms with van der Waals surface area (Å²) in [4.78, 5) is 19.2. The first kappa shape index (κ1) is 19.2. The molecule has 0 aliphatic rings. The molecule has 6 nitrogen and oxygen atoms in total. The zero-order valence-electron chi connectivity index (χ0n) is 16.0. The molecule has 0 atom stereocenters. The number of nitrogens with zero attached hydrogens (tertiary/aromatic N) is 2. The Balaban J connectivity index is 1.43. The molecule has 1 aromatic carbocycles. The van der Waals surface area contributed by atoms with Crippen molar-refractivity contribution in [2.75, 3.05) is 11.9 Å². The van der Waals surface area contributed by atoms with Crippen molar-refractivity contribution < 1.29 is 13.6 Å². The number of furan rings is 2. The summed E-state index contributed by atoms with van der Waals surface area (Å²) in [5.74, 6) is 1.49. The number of thiazole rings is 1. The van der Waals surface area contributed by atoms with E-state index in [2.05, 4.69) is 10.3 Å². The lowest BCUT2D eigenvalue weighted by atomic mass is 10.1. The number of hydrogen-bond donors (Lipinski definition) is 1. The molecule has 0 unspecified atom stereocenters. The number of carbonyl (C=O) groups is 1. The first-order valence-corrected chi connectivity index (χ1v) is 10.1. The maximum absolute atomic E-state index is 12.7. The van der Waals surface area contributed by atoms with Gasteiger partial charge in [-0.1, -0.05) is 12.1 Å². The minimum Gasteiger partial charge on any atom is -0.468 e. The lowest BCUT2D eigenvalue weighted by molar-refractivity contribution is -0.117. The van der Waals surface area contributed by atoms with E-state index in [9.17, 15) is 4.79 Å². The molecule has 0 saturated carbocycles. The molecule has 1 amide bonds. The van der Waals surface area contributed by atoms with E-state index in [0.717, 1.165) is 33.5 Å². The van der Waals surface area contributed by atoms with Crippen LogP contribution in [0.15, 0.2) is 75.3 Å². The third kappa shape index (κ3) is 5.22. The number of carbonyl (C=O) groups excluding carboxylic acids is 1. The van der Waals surface area contributed by atoms with E-state index in [1.165, 1.54) is 0 Å². The molecule has 0 aliphatic heterocycles. The van der Waals surface area contributed by atoms with Crippen LogP contribution in [0.3, 0.4) is 0 Å². The molecule has 0 radical (unpaired) electrons. The van der Waals surface area contributed by atoms with Crippen molar-refractivity contribution in [3.63, 3.8) is 0 Å². The largest absolute Gasteiger partial charge is 0.468 e. The molecule has 4 aromatic rings. The second kappa shape index (κ2) is 8.89. The normalized spacial score (nSPS) is 11.1. The Bertz CT molecular complexity index is 1020. The lowest BCUT2D eigenvalue weighted by Crippen LogP contribution is -2.32. The Morgan fingerprint density at radius 1 is 1.07 bits per heavy atom. The van der Waals surface area contributed by atoms with Crippen molar-refractivity contribution in [2.24, 2.45) is 0 Å². The van der Waals surface area contributed by atoms with Gasteiger partial charge in [-0.05, 0) is 43.3 Å². The van der Waals surface area contributed by atoms with Crippen LogP contribution in [-0.4, -0.2) is 22.3 Å². The molecule has 29 heavy (non-hydrogen) atoms. The maximum atomic E-state index is 12.7. The van der Waals surface area contributed by atoms with E-state index >= 15 is 0 Å². The van der Waals surface area contributed by atoms with E-state index in [4.69, 9.17) is 8.83 Å².